The van der Waals surface area contributed by atoms with Gasteiger partial charge < -0.3 is 30.3 Å². The van der Waals surface area contributed by atoms with E-state index in [1.54, 1.807) is 31.1 Å². The van der Waals surface area contributed by atoms with Crippen molar-refractivity contribution in [2.24, 2.45) is 5.41 Å². The van der Waals surface area contributed by atoms with E-state index >= 15 is 0 Å². The zero-order valence-corrected chi connectivity index (χ0v) is 30.2. The maximum Gasteiger partial charge on any atom is 0.407 e. The predicted octanol–water partition coefficient (Wildman–Crippen LogP) is 6.06. The lowest BCUT2D eigenvalue weighted by Gasteiger charge is -2.28. The summed E-state index contributed by atoms with van der Waals surface area (Å²) in [5, 5.41) is 17.9. The van der Waals surface area contributed by atoms with E-state index in [-0.39, 0.29) is 47.3 Å². The number of amides is 2. The first-order chi connectivity index (χ1) is 23.6. The molecule has 0 saturated carbocycles. The van der Waals surface area contributed by atoms with Crippen LogP contribution in [0.5, 0.6) is 5.75 Å². The highest BCUT2D eigenvalue weighted by Crippen LogP contribution is 2.36. The highest BCUT2D eigenvalue weighted by atomic mass is 19.1. The SMILES string of the molecule is C[C@H]1Oc2cc(cnc2N)-c2c(C#N)nn(CCCCCCN3C[C@H](NC(=O)OC(C)(C)C)C(C)(C)C3)c2CN(C)C(=O)c2ccc(F)cc21. The van der Waals surface area contributed by atoms with Crippen molar-refractivity contribution in [1.29, 1.82) is 5.26 Å². The van der Waals surface area contributed by atoms with Gasteiger partial charge in [0, 0.05) is 55.1 Å². The molecule has 50 heavy (non-hydrogen) atoms. The lowest BCUT2D eigenvalue weighted by molar-refractivity contribution is 0.0479. The summed E-state index contributed by atoms with van der Waals surface area (Å²) < 4.78 is 27.8. The Bertz CT molecular complexity index is 1780. The zero-order valence-electron chi connectivity index (χ0n) is 30.2. The number of hydrogen-bond acceptors (Lipinski definition) is 9. The first-order valence-corrected chi connectivity index (χ1v) is 17.3. The number of nitrogens with two attached hydrogens (primary N) is 1. The van der Waals surface area contributed by atoms with Gasteiger partial charge in [-0.05, 0) is 76.8 Å². The summed E-state index contributed by atoms with van der Waals surface area (Å²) >= 11 is 0. The van der Waals surface area contributed by atoms with Crippen molar-refractivity contribution >= 4 is 17.8 Å². The van der Waals surface area contributed by atoms with E-state index in [2.05, 4.69) is 40.2 Å². The normalized spacial score (nSPS) is 19.0. The first-order valence-electron chi connectivity index (χ1n) is 17.3. The van der Waals surface area contributed by atoms with Crippen LogP contribution < -0.4 is 15.8 Å². The van der Waals surface area contributed by atoms with E-state index in [1.807, 2.05) is 25.5 Å². The molecule has 2 aromatic heterocycles. The molecular weight excluding hydrogens is 639 g/mol. The van der Waals surface area contributed by atoms with E-state index in [4.69, 9.17) is 15.2 Å². The van der Waals surface area contributed by atoms with E-state index in [0.717, 1.165) is 45.3 Å². The topological polar surface area (TPSA) is 152 Å². The number of alkyl carbamates (subject to hydrolysis) is 1. The van der Waals surface area contributed by atoms with Crippen molar-refractivity contribution < 1.29 is 23.5 Å². The number of nitrogens with one attached hydrogen (secondary N) is 1. The molecule has 268 valence electrons. The van der Waals surface area contributed by atoms with Gasteiger partial charge in [0.25, 0.3) is 5.91 Å². The van der Waals surface area contributed by atoms with Gasteiger partial charge in [0.15, 0.2) is 17.3 Å². The van der Waals surface area contributed by atoms with Crippen LogP contribution in [0, 0.1) is 22.6 Å². The van der Waals surface area contributed by atoms with Crippen LogP contribution in [0.4, 0.5) is 15.0 Å². The number of benzene rings is 1. The number of fused-ring (bicyclic) bond motifs is 5. The van der Waals surface area contributed by atoms with Gasteiger partial charge in [0.1, 0.15) is 23.6 Å². The van der Waals surface area contributed by atoms with Crippen LogP contribution in [-0.4, -0.2) is 74.9 Å². The summed E-state index contributed by atoms with van der Waals surface area (Å²) in [5.41, 5.74) is 8.35. The number of ether oxygens (including phenoxy) is 2. The Kier molecular flexibility index (Phi) is 10.7. The maximum atomic E-state index is 14.4. The molecule has 1 aromatic carbocycles. The molecule has 0 unspecified atom stereocenters. The Balaban J connectivity index is 1.27. The number of aromatic nitrogens is 3. The van der Waals surface area contributed by atoms with Gasteiger partial charge in [-0.3, -0.25) is 9.48 Å². The Labute approximate surface area is 293 Å². The molecule has 1 fully saturated rings. The number of nitrogen functional groups attached to an aromatic ring is 1. The number of pyridine rings is 1. The van der Waals surface area contributed by atoms with Gasteiger partial charge in [-0.2, -0.15) is 10.4 Å². The second-order valence-corrected chi connectivity index (χ2v) is 15.1. The Hall–Kier alpha value is -4.70. The molecule has 2 aliphatic heterocycles. The summed E-state index contributed by atoms with van der Waals surface area (Å²) in [7, 11) is 1.68. The van der Waals surface area contributed by atoms with Crippen LogP contribution in [0.25, 0.3) is 11.1 Å². The minimum atomic E-state index is -0.707. The summed E-state index contributed by atoms with van der Waals surface area (Å²) in [6, 6.07) is 7.98. The van der Waals surface area contributed by atoms with Crippen molar-refractivity contribution in [3.8, 4) is 22.9 Å². The van der Waals surface area contributed by atoms with Crippen LogP contribution in [-0.2, 0) is 17.8 Å². The van der Waals surface area contributed by atoms with Crippen LogP contribution in [0.1, 0.15) is 101 Å². The summed E-state index contributed by atoms with van der Waals surface area (Å²) in [6.45, 7) is 15.0. The van der Waals surface area contributed by atoms with Gasteiger partial charge in [0.2, 0.25) is 0 Å². The average molecular weight is 689 g/mol. The molecule has 2 amide bonds. The van der Waals surface area contributed by atoms with E-state index in [1.165, 1.54) is 18.2 Å². The fraction of sp³-hybridized carbons (Fsp3) is 0.541. The standard InChI is InChI=1S/C37H49FN8O4/c1-23-27-17-25(38)12-13-26(27)34(47)44(7)20-29-32(24-16-30(49-23)33(40)41-19-24)28(18-39)43-46(29)15-11-9-8-10-14-45-21-31(37(5,6)22-45)42-35(48)50-36(2,3)4/h12-13,16-17,19,23,31H,8-11,14-15,20-22H2,1-7H3,(H2,40,41)(H,42,48)/t23-,31+/m1/s1. The van der Waals surface area contributed by atoms with Gasteiger partial charge in [-0.15, -0.1) is 0 Å². The molecule has 2 aliphatic rings. The highest BCUT2D eigenvalue weighted by Gasteiger charge is 2.40. The highest BCUT2D eigenvalue weighted by molar-refractivity contribution is 5.96. The Morgan fingerprint density at radius 2 is 1.92 bits per heavy atom. The van der Waals surface area contributed by atoms with E-state index < -0.39 is 17.5 Å². The second kappa shape index (κ2) is 14.6. The maximum absolute atomic E-state index is 14.4. The van der Waals surface area contributed by atoms with Gasteiger partial charge in [-0.25, -0.2) is 14.2 Å². The molecule has 12 nitrogen and oxygen atoms in total. The van der Waals surface area contributed by atoms with Gasteiger partial charge in [0.05, 0.1) is 18.3 Å². The third-order valence-electron chi connectivity index (χ3n) is 9.35. The Morgan fingerprint density at radius 3 is 2.62 bits per heavy atom. The number of carbonyl (C=O) groups excluding carboxylic acids is 2. The van der Waals surface area contributed by atoms with Crippen molar-refractivity contribution in [1.82, 2.24) is 29.9 Å². The van der Waals surface area contributed by atoms with E-state index in [9.17, 15) is 19.2 Å². The fourth-order valence-electron chi connectivity index (χ4n) is 6.80. The molecule has 13 heteroatoms. The predicted molar refractivity (Wildman–Crippen MR) is 188 cm³/mol. The van der Waals surface area contributed by atoms with Gasteiger partial charge >= 0.3 is 6.09 Å². The average Bonchev–Trinajstić information content (AvgIpc) is 3.52. The minimum absolute atomic E-state index is 0.00933. The quantitative estimate of drug-likeness (QED) is 0.269. The number of carbonyl (C=O) groups is 2. The van der Waals surface area contributed by atoms with Crippen molar-refractivity contribution in [3.05, 3.63) is 58.8 Å². The Morgan fingerprint density at radius 1 is 1.20 bits per heavy atom. The molecular formula is C37H49FN8O4. The largest absolute Gasteiger partial charge is 0.482 e. The van der Waals surface area contributed by atoms with Crippen LogP contribution in [0.15, 0.2) is 30.5 Å². The molecule has 0 radical (unpaired) electrons. The van der Waals surface area contributed by atoms with Crippen LogP contribution in [0.2, 0.25) is 0 Å². The molecule has 0 aliphatic carbocycles. The summed E-state index contributed by atoms with van der Waals surface area (Å²) in [4.78, 5) is 34.5. The number of aryl methyl sites for hydroxylation is 1. The summed E-state index contributed by atoms with van der Waals surface area (Å²) in [5.74, 6) is -0.387. The lowest BCUT2D eigenvalue weighted by atomic mass is 9.88. The number of unbranched alkanes of at least 4 members (excludes halogenated alkanes) is 3. The third kappa shape index (κ3) is 8.35. The minimum Gasteiger partial charge on any atom is -0.482 e. The third-order valence-corrected chi connectivity index (χ3v) is 9.35. The van der Waals surface area contributed by atoms with Crippen LogP contribution >= 0.6 is 0 Å². The number of nitriles is 1. The molecule has 5 rings (SSSR count). The smallest absolute Gasteiger partial charge is 0.407 e. The van der Waals surface area contributed by atoms with Gasteiger partial charge in [-0.1, -0.05) is 26.7 Å². The summed E-state index contributed by atoms with van der Waals surface area (Å²) in [6.07, 6.45) is 4.26. The number of halogens is 1. The lowest BCUT2D eigenvalue weighted by Crippen LogP contribution is -2.46. The molecule has 3 aromatic rings. The number of likely N-dealkylation sites (tertiary alicyclic amines) is 1. The molecule has 2 bridgehead atoms. The molecule has 0 spiro atoms. The van der Waals surface area contributed by atoms with Crippen molar-refractivity contribution in [2.45, 2.75) is 98.1 Å². The number of hydrogen-bond donors (Lipinski definition) is 2. The van der Waals surface area contributed by atoms with E-state index in [0.29, 0.717) is 34.5 Å². The zero-order chi connectivity index (χ0) is 36.4. The second-order valence-electron chi connectivity index (χ2n) is 15.1. The van der Waals surface area contributed by atoms with Crippen molar-refractivity contribution in [3.63, 3.8) is 0 Å². The molecule has 4 heterocycles. The number of nitrogens with zero attached hydrogens (tertiary/aromatic N) is 6. The molecule has 3 N–H and O–H groups in total. The molecule has 1 saturated heterocycles. The fourth-order valence-corrected chi connectivity index (χ4v) is 6.80. The van der Waals surface area contributed by atoms with Crippen molar-refractivity contribution in [2.75, 3.05) is 32.4 Å². The first kappa shape index (κ1) is 36.6. The monoisotopic (exact) mass is 688 g/mol. The number of rotatable bonds is 8. The molecule has 2 atom stereocenters. The van der Waals surface area contributed by atoms with Crippen LogP contribution in [0.3, 0.4) is 0 Å². The number of anilines is 1.